The van der Waals surface area contributed by atoms with Gasteiger partial charge in [0.1, 0.15) is 17.2 Å². The van der Waals surface area contributed by atoms with Gasteiger partial charge in [0, 0.05) is 11.3 Å². The second kappa shape index (κ2) is 6.92. The highest BCUT2D eigenvalue weighted by Crippen LogP contribution is 2.35. The van der Waals surface area contributed by atoms with Gasteiger partial charge in [-0.05, 0) is 47.1 Å². The Labute approximate surface area is 159 Å². The summed E-state index contributed by atoms with van der Waals surface area (Å²) in [5.41, 5.74) is 6.73. The first-order valence-electron chi connectivity index (χ1n) is 7.43. The van der Waals surface area contributed by atoms with E-state index < -0.39 is 24.6 Å². The highest BCUT2D eigenvalue weighted by molar-refractivity contribution is 9.10. The Morgan fingerprint density at radius 1 is 1.38 bits per heavy atom. The number of alkyl halides is 2. The molecule has 0 bridgehead atoms. The summed E-state index contributed by atoms with van der Waals surface area (Å²) in [6.45, 7) is 1.03. The fourth-order valence-electron chi connectivity index (χ4n) is 2.76. The minimum Gasteiger partial charge on any atom is -0.398 e. The predicted molar refractivity (Wildman–Crippen MR) is 97.4 cm³/mol. The molecule has 4 nitrogen and oxygen atoms in total. The van der Waals surface area contributed by atoms with Gasteiger partial charge >= 0.3 is 0 Å². The SMILES string of the molecule is Cc1nc2c(Br)c(C(=O)c3cc(F)ccc3Cl)c(N)cc2n1CC(F)F. The molecule has 0 fully saturated rings. The number of halogens is 5. The average molecular weight is 447 g/mol. The molecule has 0 aliphatic carbocycles. The van der Waals surface area contributed by atoms with Crippen molar-refractivity contribution in [2.75, 3.05) is 5.73 Å². The third-order valence-corrected chi connectivity index (χ3v) is 5.03. The average Bonchev–Trinajstić information content (AvgIpc) is 2.86. The molecule has 0 aliphatic rings. The lowest BCUT2D eigenvalue weighted by Gasteiger charge is -2.11. The van der Waals surface area contributed by atoms with Crippen molar-refractivity contribution in [2.24, 2.45) is 0 Å². The van der Waals surface area contributed by atoms with E-state index in [2.05, 4.69) is 20.9 Å². The van der Waals surface area contributed by atoms with Gasteiger partial charge in [-0.3, -0.25) is 4.79 Å². The molecule has 1 heterocycles. The molecular weight excluding hydrogens is 435 g/mol. The maximum absolute atomic E-state index is 13.5. The van der Waals surface area contributed by atoms with E-state index in [1.165, 1.54) is 16.7 Å². The van der Waals surface area contributed by atoms with E-state index in [-0.39, 0.29) is 26.3 Å². The number of carbonyl (C=O) groups is 1. The van der Waals surface area contributed by atoms with Crippen LogP contribution in [0.3, 0.4) is 0 Å². The minimum atomic E-state index is -2.57. The van der Waals surface area contributed by atoms with Crippen molar-refractivity contribution in [3.8, 4) is 0 Å². The Kier molecular flexibility index (Phi) is 4.98. The zero-order valence-electron chi connectivity index (χ0n) is 13.4. The largest absolute Gasteiger partial charge is 0.398 e. The number of nitrogens with two attached hydrogens (primary N) is 1. The van der Waals surface area contributed by atoms with E-state index in [0.717, 1.165) is 12.1 Å². The number of carbonyl (C=O) groups excluding carboxylic acids is 1. The monoisotopic (exact) mass is 445 g/mol. The number of rotatable bonds is 4. The van der Waals surface area contributed by atoms with E-state index >= 15 is 0 Å². The first-order valence-corrected chi connectivity index (χ1v) is 8.60. The summed E-state index contributed by atoms with van der Waals surface area (Å²) >= 11 is 9.29. The van der Waals surface area contributed by atoms with Gasteiger partial charge in [-0.1, -0.05) is 11.6 Å². The summed E-state index contributed by atoms with van der Waals surface area (Å²) in [6, 6.07) is 4.83. The highest BCUT2D eigenvalue weighted by Gasteiger charge is 2.24. The van der Waals surface area contributed by atoms with Gasteiger partial charge in [0.05, 0.1) is 27.1 Å². The van der Waals surface area contributed by atoms with E-state index in [9.17, 15) is 18.0 Å². The van der Waals surface area contributed by atoms with Crippen LogP contribution in [0.2, 0.25) is 5.02 Å². The molecule has 0 spiro atoms. The number of nitrogen functional groups attached to an aromatic ring is 1. The Bertz CT molecular complexity index is 1040. The topological polar surface area (TPSA) is 60.9 Å². The van der Waals surface area contributed by atoms with Gasteiger partial charge in [0.25, 0.3) is 6.43 Å². The lowest BCUT2D eigenvalue weighted by molar-refractivity contribution is 0.103. The van der Waals surface area contributed by atoms with Gasteiger partial charge in [0.2, 0.25) is 0 Å². The second-order valence-corrected chi connectivity index (χ2v) is 6.84. The van der Waals surface area contributed by atoms with E-state index in [4.69, 9.17) is 17.3 Å². The van der Waals surface area contributed by atoms with Crippen molar-refractivity contribution in [1.29, 1.82) is 0 Å². The zero-order chi connectivity index (χ0) is 19.2. The van der Waals surface area contributed by atoms with E-state index in [1.54, 1.807) is 6.92 Å². The Morgan fingerprint density at radius 3 is 2.73 bits per heavy atom. The van der Waals surface area contributed by atoms with Gasteiger partial charge in [0.15, 0.2) is 5.78 Å². The highest BCUT2D eigenvalue weighted by atomic mass is 79.9. The number of aromatic nitrogens is 2. The number of ketones is 1. The molecule has 0 aliphatic heterocycles. The second-order valence-electron chi connectivity index (χ2n) is 5.64. The maximum atomic E-state index is 13.5. The number of hydrogen-bond donors (Lipinski definition) is 1. The number of aryl methyl sites for hydroxylation is 1. The summed E-state index contributed by atoms with van der Waals surface area (Å²) in [6.07, 6.45) is -2.57. The third kappa shape index (κ3) is 3.19. The molecule has 9 heteroatoms. The molecule has 0 amide bonds. The van der Waals surface area contributed by atoms with Crippen LogP contribution in [0.4, 0.5) is 18.9 Å². The van der Waals surface area contributed by atoms with Crippen molar-refractivity contribution in [2.45, 2.75) is 19.9 Å². The first-order chi connectivity index (χ1) is 12.2. The number of anilines is 1. The molecule has 3 aromatic rings. The zero-order valence-corrected chi connectivity index (χ0v) is 15.7. The normalized spacial score (nSPS) is 11.5. The molecule has 0 saturated heterocycles. The fraction of sp³-hybridized carbons (Fsp3) is 0.176. The summed E-state index contributed by atoms with van der Waals surface area (Å²) in [4.78, 5) is 17.1. The lowest BCUT2D eigenvalue weighted by Crippen LogP contribution is -2.10. The number of nitrogens with zero attached hydrogens (tertiary/aromatic N) is 2. The summed E-state index contributed by atoms with van der Waals surface area (Å²) < 4.78 is 40.7. The van der Waals surface area contributed by atoms with Crippen LogP contribution in [0, 0.1) is 12.7 Å². The maximum Gasteiger partial charge on any atom is 0.256 e. The molecular formula is C17H12BrClF3N3O. The number of hydrogen-bond acceptors (Lipinski definition) is 3. The smallest absolute Gasteiger partial charge is 0.256 e. The molecule has 2 N–H and O–H groups in total. The lowest BCUT2D eigenvalue weighted by atomic mass is 10.0. The summed E-state index contributed by atoms with van der Waals surface area (Å²) in [5, 5.41) is 0.0715. The summed E-state index contributed by atoms with van der Waals surface area (Å²) in [7, 11) is 0. The Morgan fingerprint density at radius 2 is 2.08 bits per heavy atom. The quantitative estimate of drug-likeness (QED) is 0.454. The van der Waals surface area contributed by atoms with Gasteiger partial charge < -0.3 is 10.3 Å². The van der Waals surface area contributed by atoms with Crippen molar-refractivity contribution in [3.05, 3.63) is 56.5 Å². The number of imidazole rings is 1. The minimum absolute atomic E-state index is 0.0464. The molecule has 2 aromatic carbocycles. The fourth-order valence-corrected chi connectivity index (χ4v) is 3.66. The Hall–Kier alpha value is -2.06. The van der Waals surface area contributed by atoms with Crippen molar-refractivity contribution < 1.29 is 18.0 Å². The predicted octanol–water partition coefficient (Wildman–Crippen LogP) is 4.98. The third-order valence-electron chi connectivity index (χ3n) is 3.93. The molecule has 0 atom stereocenters. The van der Waals surface area contributed by atoms with Gasteiger partial charge in [-0.2, -0.15) is 0 Å². The first kappa shape index (κ1) is 18.7. The van der Waals surface area contributed by atoms with Crippen LogP contribution in [-0.4, -0.2) is 21.8 Å². The van der Waals surface area contributed by atoms with Crippen LogP contribution in [0.15, 0.2) is 28.7 Å². The number of fused-ring (bicyclic) bond motifs is 1. The van der Waals surface area contributed by atoms with Crippen molar-refractivity contribution in [1.82, 2.24) is 9.55 Å². The molecule has 0 radical (unpaired) electrons. The molecule has 136 valence electrons. The molecule has 1 aromatic heterocycles. The number of benzene rings is 2. The van der Waals surface area contributed by atoms with Crippen LogP contribution in [-0.2, 0) is 6.54 Å². The molecule has 0 unspecified atom stereocenters. The van der Waals surface area contributed by atoms with E-state index in [0.29, 0.717) is 16.9 Å². The summed E-state index contributed by atoms with van der Waals surface area (Å²) in [5.74, 6) is -0.860. The van der Waals surface area contributed by atoms with Crippen LogP contribution < -0.4 is 5.73 Å². The molecule has 3 rings (SSSR count). The van der Waals surface area contributed by atoms with Crippen LogP contribution in [0.25, 0.3) is 11.0 Å². The van der Waals surface area contributed by atoms with Crippen LogP contribution >= 0.6 is 27.5 Å². The standard InChI is InChI=1S/C17H12BrClF3N3O/c1-7-24-16-12(25(7)6-13(21)22)5-11(23)14(15(16)18)17(26)9-4-8(20)2-3-10(9)19/h2-5,13H,6,23H2,1H3. The molecule has 0 saturated carbocycles. The van der Waals surface area contributed by atoms with Gasteiger partial charge in [-0.15, -0.1) is 0 Å². The molecule has 26 heavy (non-hydrogen) atoms. The van der Waals surface area contributed by atoms with Crippen LogP contribution in [0.1, 0.15) is 21.7 Å². The van der Waals surface area contributed by atoms with Crippen molar-refractivity contribution >= 4 is 50.0 Å². The Balaban J connectivity index is 2.22. The van der Waals surface area contributed by atoms with Gasteiger partial charge in [-0.25, -0.2) is 18.2 Å². The van der Waals surface area contributed by atoms with Crippen molar-refractivity contribution in [3.63, 3.8) is 0 Å². The van der Waals surface area contributed by atoms with E-state index in [1.807, 2.05) is 0 Å². The van der Waals surface area contributed by atoms with Crippen LogP contribution in [0.5, 0.6) is 0 Å².